The molecule has 0 spiro atoms. The lowest BCUT2D eigenvalue weighted by molar-refractivity contribution is -0.121. The van der Waals surface area contributed by atoms with Crippen molar-refractivity contribution in [2.45, 2.75) is 44.6 Å². The Hall–Kier alpha value is -3.12. The van der Waals surface area contributed by atoms with Crippen LogP contribution in [-0.2, 0) is 21.2 Å². The maximum absolute atomic E-state index is 13.5. The summed E-state index contributed by atoms with van der Waals surface area (Å²) in [6, 6.07) is 23.7. The molecule has 0 aromatic heterocycles. The highest BCUT2D eigenvalue weighted by atomic mass is 32.2. The van der Waals surface area contributed by atoms with Crippen molar-refractivity contribution in [2.24, 2.45) is 0 Å². The first-order chi connectivity index (χ1) is 15.1. The normalized spacial score (nSPS) is 11.8. The number of nitrogens with zero attached hydrogens (tertiary/aromatic N) is 1. The standard InChI is InChI=1S/C26H30N2O3S/c1-20-13-15-24(16-14-20)32(30,31)28(23-12-8-9-21(2)17-23)19-25(29)27-26(3,4)18-22-10-6-5-7-11-22/h5-17H,18-19H2,1-4H3,(H,27,29). The molecular weight excluding hydrogens is 420 g/mol. The predicted molar refractivity (Wildman–Crippen MR) is 129 cm³/mol. The van der Waals surface area contributed by atoms with E-state index < -0.39 is 15.6 Å². The molecule has 32 heavy (non-hydrogen) atoms. The van der Waals surface area contributed by atoms with Gasteiger partial charge < -0.3 is 5.32 Å². The third kappa shape index (κ3) is 5.98. The van der Waals surface area contributed by atoms with Crippen molar-refractivity contribution in [3.8, 4) is 0 Å². The first kappa shape index (κ1) is 23.5. The maximum atomic E-state index is 13.5. The fourth-order valence-electron chi connectivity index (χ4n) is 3.63. The van der Waals surface area contributed by atoms with E-state index in [1.807, 2.05) is 64.1 Å². The minimum absolute atomic E-state index is 0.154. The molecule has 1 amide bonds. The third-order valence-corrected chi connectivity index (χ3v) is 6.94. The van der Waals surface area contributed by atoms with E-state index in [4.69, 9.17) is 0 Å². The van der Waals surface area contributed by atoms with E-state index in [1.54, 1.807) is 42.5 Å². The van der Waals surface area contributed by atoms with Gasteiger partial charge in [0.1, 0.15) is 6.54 Å². The fraction of sp³-hybridized carbons (Fsp3) is 0.269. The number of aryl methyl sites for hydroxylation is 2. The molecule has 168 valence electrons. The Labute approximate surface area is 191 Å². The molecule has 3 rings (SSSR count). The minimum atomic E-state index is -3.92. The Balaban J connectivity index is 1.87. The average molecular weight is 451 g/mol. The molecule has 6 heteroatoms. The second-order valence-electron chi connectivity index (χ2n) is 8.76. The number of carbonyl (C=O) groups is 1. The van der Waals surface area contributed by atoms with Crippen LogP contribution < -0.4 is 9.62 Å². The minimum Gasteiger partial charge on any atom is -0.349 e. The first-order valence-corrected chi connectivity index (χ1v) is 12.0. The maximum Gasteiger partial charge on any atom is 0.264 e. The van der Waals surface area contributed by atoms with Gasteiger partial charge in [-0.3, -0.25) is 9.10 Å². The zero-order valence-corrected chi connectivity index (χ0v) is 19.8. The van der Waals surface area contributed by atoms with Crippen molar-refractivity contribution in [2.75, 3.05) is 10.8 Å². The van der Waals surface area contributed by atoms with Crippen LogP contribution in [0, 0.1) is 13.8 Å². The molecule has 0 fully saturated rings. The summed E-state index contributed by atoms with van der Waals surface area (Å²) in [5.74, 6) is -0.358. The SMILES string of the molecule is Cc1ccc(S(=O)(=O)N(CC(=O)NC(C)(C)Cc2ccccc2)c2cccc(C)c2)cc1. The van der Waals surface area contributed by atoms with Gasteiger partial charge in [0.25, 0.3) is 10.0 Å². The highest BCUT2D eigenvalue weighted by Crippen LogP contribution is 2.25. The molecule has 1 N–H and O–H groups in total. The quantitative estimate of drug-likeness (QED) is 0.544. The van der Waals surface area contributed by atoms with Gasteiger partial charge in [-0.15, -0.1) is 0 Å². The molecule has 0 aliphatic carbocycles. The Morgan fingerprint density at radius 1 is 0.875 bits per heavy atom. The van der Waals surface area contributed by atoms with Crippen molar-refractivity contribution in [3.63, 3.8) is 0 Å². The second kappa shape index (κ2) is 9.57. The van der Waals surface area contributed by atoms with Gasteiger partial charge >= 0.3 is 0 Å². The number of carbonyl (C=O) groups excluding carboxylic acids is 1. The number of hydrogen-bond donors (Lipinski definition) is 1. The van der Waals surface area contributed by atoms with Crippen molar-refractivity contribution < 1.29 is 13.2 Å². The van der Waals surface area contributed by atoms with Crippen molar-refractivity contribution >= 4 is 21.6 Å². The second-order valence-corrected chi connectivity index (χ2v) is 10.6. The zero-order valence-electron chi connectivity index (χ0n) is 19.0. The molecule has 0 saturated heterocycles. The van der Waals surface area contributed by atoms with E-state index >= 15 is 0 Å². The summed E-state index contributed by atoms with van der Waals surface area (Å²) in [6.07, 6.45) is 0.634. The number of benzene rings is 3. The van der Waals surface area contributed by atoms with Crippen LogP contribution in [0.25, 0.3) is 0 Å². The Kier molecular flexibility index (Phi) is 7.04. The van der Waals surface area contributed by atoms with Crippen LogP contribution in [0.3, 0.4) is 0 Å². The molecule has 0 saturated carbocycles. The molecule has 0 bridgehead atoms. The summed E-state index contributed by atoms with van der Waals surface area (Å²) in [6.45, 7) is 7.35. The van der Waals surface area contributed by atoms with Gasteiger partial charge in [-0.25, -0.2) is 8.42 Å². The topological polar surface area (TPSA) is 66.5 Å². The van der Waals surface area contributed by atoms with Gasteiger partial charge in [0.15, 0.2) is 0 Å². The molecular formula is C26H30N2O3S. The number of sulfonamides is 1. The van der Waals surface area contributed by atoms with Gasteiger partial charge in [-0.1, -0.05) is 60.2 Å². The van der Waals surface area contributed by atoms with Crippen molar-refractivity contribution in [1.82, 2.24) is 5.32 Å². The lowest BCUT2D eigenvalue weighted by Gasteiger charge is -2.29. The highest BCUT2D eigenvalue weighted by molar-refractivity contribution is 7.92. The smallest absolute Gasteiger partial charge is 0.264 e. The van der Waals surface area contributed by atoms with Crippen LogP contribution in [0.5, 0.6) is 0 Å². The number of nitrogens with one attached hydrogen (secondary N) is 1. The van der Waals surface area contributed by atoms with E-state index in [2.05, 4.69) is 5.32 Å². The van der Waals surface area contributed by atoms with Gasteiger partial charge in [-0.2, -0.15) is 0 Å². The van der Waals surface area contributed by atoms with E-state index in [9.17, 15) is 13.2 Å². The zero-order chi connectivity index (χ0) is 23.4. The van der Waals surface area contributed by atoms with Crippen molar-refractivity contribution in [3.05, 3.63) is 95.6 Å². The summed E-state index contributed by atoms with van der Waals surface area (Å²) in [5, 5.41) is 3.01. The Bertz CT molecular complexity index is 1170. The van der Waals surface area contributed by atoms with E-state index in [0.717, 1.165) is 16.7 Å². The van der Waals surface area contributed by atoms with Crippen LogP contribution in [0.2, 0.25) is 0 Å². The molecule has 0 radical (unpaired) electrons. The van der Waals surface area contributed by atoms with E-state index in [-0.39, 0.29) is 17.3 Å². The molecule has 0 heterocycles. The third-order valence-electron chi connectivity index (χ3n) is 5.15. The lowest BCUT2D eigenvalue weighted by atomic mass is 9.95. The summed E-state index contributed by atoms with van der Waals surface area (Å²) < 4.78 is 28.2. The van der Waals surface area contributed by atoms with E-state index in [0.29, 0.717) is 12.1 Å². The lowest BCUT2D eigenvalue weighted by Crippen LogP contribution is -2.50. The van der Waals surface area contributed by atoms with Crippen LogP contribution in [0.15, 0.2) is 83.8 Å². The molecule has 5 nitrogen and oxygen atoms in total. The summed E-state index contributed by atoms with van der Waals surface area (Å²) >= 11 is 0. The van der Waals surface area contributed by atoms with Gasteiger partial charge in [0, 0.05) is 5.54 Å². The predicted octanol–water partition coefficient (Wildman–Crippen LogP) is 4.64. The molecule has 0 unspecified atom stereocenters. The molecule has 0 aliphatic heterocycles. The first-order valence-electron chi connectivity index (χ1n) is 10.6. The summed E-state index contributed by atoms with van der Waals surface area (Å²) in [7, 11) is -3.92. The largest absolute Gasteiger partial charge is 0.349 e. The van der Waals surface area contributed by atoms with Crippen LogP contribution in [0.4, 0.5) is 5.69 Å². The fourth-order valence-corrected chi connectivity index (χ4v) is 5.05. The monoisotopic (exact) mass is 450 g/mol. The van der Waals surface area contributed by atoms with Gasteiger partial charge in [0.05, 0.1) is 10.6 Å². The molecule has 0 atom stereocenters. The number of amides is 1. The highest BCUT2D eigenvalue weighted by Gasteiger charge is 2.29. The number of anilines is 1. The summed E-state index contributed by atoms with van der Waals surface area (Å²) in [5.41, 5.74) is 2.90. The molecule has 0 aliphatic rings. The Morgan fingerprint density at radius 3 is 2.16 bits per heavy atom. The van der Waals surface area contributed by atoms with Crippen molar-refractivity contribution in [1.29, 1.82) is 0 Å². The number of rotatable bonds is 8. The van der Waals surface area contributed by atoms with Crippen LogP contribution in [0.1, 0.15) is 30.5 Å². The van der Waals surface area contributed by atoms with E-state index in [1.165, 1.54) is 4.31 Å². The van der Waals surface area contributed by atoms with Crippen LogP contribution in [-0.4, -0.2) is 26.4 Å². The van der Waals surface area contributed by atoms with Gasteiger partial charge in [-0.05, 0) is 69.5 Å². The van der Waals surface area contributed by atoms with Gasteiger partial charge in [0.2, 0.25) is 5.91 Å². The molecule has 3 aromatic carbocycles. The number of hydrogen-bond acceptors (Lipinski definition) is 3. The average Bonchev–Trinajstić information content (AvgIpc) is 2.72. The summed E-state index contributed by atoms with van der Waals surface area (Å²) in [4.78, 5) is 13.2. The van der Waals surface area contributed by atoms with Crippen LogP contribution >= 0.6 is 0 Å². The molecule has 3 aromatic rings. The Morgan fingerprint density at radius 2 is 1.53 bits per heavy atom.